The zero-order valence-electron chi connectivity index (χ0n) is 9.87. The number of hydrogen-bond donors (Lipinski definition) is 1. The van der Waals surface area contributed by atoms with E-state index >= 15 is 0 Å². The van der Waals surface area contributed by atoms with Gasteiger partial charge >= 0.3 is 0 Å². The fourth-order valence-electron chi connectivity index (χ4n) is 1.60. The molecular formula is C12H14ClF2NO2. The molecule has 0 aliphatic rings. The molecule has 0 atom stereocenters. The first-order valence-electron chi connectivity index (χ1n) is 5.40. The maximum absolute atomic E-state index is 12.4. The predicted octanol–water partition coefficient (Wildman–Crippen LogP) is 2.61. The second-order valence-corrected chi connectivity index (χ2v) is 4.19. The Hall–Kier alpha value is -1.20. The third-order valence-electron chi connectivity index (χ3n) is 2.43. The monoisotopic (exact) mass is 277 g/mol. The van der Waals surface area contributed by atoms with E-state index < -0.39 is 13.0 Å². The minimum atomic E-state index is -2.51. The first-order valence-corrected chi connectivity index (χ1v) is 5.78. The molecule has 0 fully saturated rings. The summed E-state index contributed by atoms with van der Waals surface area (Å²) >= 11 is 5.91. The van der Waals surface area contributed by atoms with Crippen molar-refractivity contribution in [3.05, 3.63) is 28.8 Å². The summed E-state index contributed by atoms with van der Waals surface area (Å²) < 4.78 is 24.8. The fraction of sp³-hybridized carbons (Fsp3) is 0.417. The molecular weight excluding hydrogens is 264 g/mol. The van der Waals surface area contributed by atoms with Gasteiger partial charge in [0.25, 0.3) is 6.43 Å². The highest BCUT2D eigenvalue weighted by atomic mass is 35.5. The SMILES string of the molecule is CC(=O)c1ccc(N(CCO)CC(F)F)cc1Cl. The summed E-state index contributed by atoms with van der Waals surface area (Å²) in [6.45, 7) is 0.737. The van der Waals surface area contributed by atoms with E-state index in [1.807, 2.05) is 0 Å². The summed E-state index contributed by atoms with van der Waals surface area (Å²) in [5, 5.41) is 9.07. The normalized spacial score (nSPS) is 10.8. The van der Waals surface area contributed by atoms with Crippen LogP contribution in [0.15, 0.2) is 18.2 Å². The second kappa shape index (κ2) is 6.66. The van der Waals surface area contributed by atoms with Gasteiger partial charge in [0, 0.05) is 17.8 Å². The van der Waals surface area contributed by atoms with Crippen molar-refractivity contribution < 1.29 is 18.7 Å². The number of ketones is 1. The van der Waals surface area contributed by atoms with E-state index in [2.05, 4.69) is 0 Å². The van der Waals surface area contributed by atoms with Crippen LogP contribution in [-0.2, 0) is 0 Å². The molecule has 1 N–H and O–H groups in total. The average Bonchev–Trinajstić information content (AvgIpc) is 2.27. The maximum Gasteiger partial charge on any atom is 0.255 e. The zero-order valence-corrected chi connectivity index (χ0v) is 10.6. The highest BCUT2D eigenvalue weighted by Crippen LogP contribution is 2.24. The van der Waals surface area contributed by atoms with Crippen molar-refractivity contribution in [1.29, 1.82) is 0 Å². The Labute approximate surface area is 109 Å². The van der Waals surface area contributed by atoms with Crippen LogP contribution in [0, 0.1) is 0 Å². The number of Topliss-reactive ketones (excluding diaryl/α,β-unsaturated/α-hetero) is 1. The van der Waals surface area contributed by atoms with E-state index in [0.717, 1.165) is 0 Å². The molecule has 3 nitrogen and oxygen atoms in total. The van der Waals surface area contributed by atoms with E-state index in [1.165, 1.54) is 24.0 Å². The van der Waals surface area contributed by atoms with Gasteiger partial charge in [-0.2, -0.15) is 0 Å². The van der Waals surface area contributed by atoms with Gasteiger partial charge in [-0.3, -0.25) is 4.79 Å². The van der Waals surface area contributed by atoms with Crippen molar-refractivity contribution in [3.63, 3.8) is 0 Å². The number of halogens is 3. The number of rotatable bonds is 6. The van der Waals surface area contributed by atoms with Crippen LogP contribution >= 0.6 is 11.6 Å². The van der Waals surface area contributed by atoms with Crippen molar-refractivity contribution in [2.75, 3.05) is 24.6 Å². The van der Waals surface area contributed by atoms with Crippen LogP contribution in [0.3, 0.4) is 0 Å². The number of aliphatic hydroxyl groups is 1. The first kappa shape index (κ1) is 14.9. The Morgan fingerprint density at radius 1 is 1.50 bits per heavy atom. The molecule has 1 aromatic carbocycles. The molecule has 6 heteroatoms. The van der Waals surface area contributed by atoms with Crippen LogP contribution < -0.4 is 4.90 Å². The van der Waals surface area contributed by atoms with Crippen molar-refractivity contribution in [3.8, 4) is 0 Å². The average molecular weight is 278 g/mol. The summed E-state index contributed by atoms with van der Waals surface area (Å²) in [5.74, 6) is -0.186. The van der Waals surface area contributed by atoms with Crippen molar-refractivity contribution in [1.82, 2.24) is 0 Å². The Balaban J connectivity index is 2.98. The van der Waals surface area contributed by atoms with Crippen LogP contribution in [0.2, 0.25) is 5.02 Å². The molecule has 0 amide bonds. The smallest absolute Gasteiger partial charge is 0.255 e. The third-order valence-corrected chi connectivity index (χ3v) is 2.74. The van der Waals surface area contributed by atoms with Crippen molar-refractivity contribution in [2.24, 2.45) is 0 Å². The lowest BCUT2D eigenvalue weighted by Gasteiger charge is -2.24. The van der Waals surface area contributed by atoms with Crippen LogP contribution in [0.5, 0.6) is 0 Å². The molecule has 100 valence electrons. The molecule has 0 aliphatic heterocycles. The quantitative estimate of drug-likeness (QED) is 0.813. The summed E-state index contributed by atoms with van der Waals surface area (Å²) in [7, 11) is 0. The molecule has 0 heterocycles. The van der Waals surface area contributed by atoms with E-state index in [9.17, 15) is 13.6 Å². The summed E-state index contributed by atoms with van der Waals surface area (Å²) in [6, 6.07) is 4.49. The second-order valence-electron chi connectivity index (χ2n) is 3.78. The van der Waals surface area contributed by atoms with Crippen LogP contribution in [0.4, 0.5) is 14.5 Å². The summed E-state index contributed by atoms with van der Waals surface area (Å²) in [5.41, 5.74) is 0.806. The molecule has 0 aliphatic carbocycles. The van der Waals surface area contributed by atoms with E-state index in [0.29, 0.717) is 11.3 Å². The van der Waals surface area contributed by atoms with Crippen LogP contribution in [0.25, 0.3) is 0 Å². The topological polar surface area (TPSA) is 40.5 Å². The molecule has 0 unspecified atom stereocenters. The molecule has 1 aromatic rings. The predicted molar refractivity (Wildman–Crippen MR) is 66.8 cm³/mol. The lowest BCUT2D eigenvalue weighted by Crippen LogP contribution is -2.31. The van der Waals surface area contributed by atoms with Crippen LogP contribution in [0.1, 0.15) is 17.3 Å². The number of benzene rings is 1. The molecule has 0 spiro atoms. The minimum Gasteiger partial charge on any atom is -0.395 e. The molecule has 0 saturated heterocycles. The van der Waals surface area contributed by atoms with Gasteiger partial charge < -0.3 is 10.0 Å². The number of anilines is 1. The first-order chi connectivity index (χ1) is 8.45. The number of carbonyl (C=O) groups excluding carboxylic acids is 1. The molecule has 1 rings (SSSR count). The highest BCUT2D eigenvalue weighted by Gasteiger charge is 2.14. The van der Waals surface area contributed by atoms with Gasteiger partial charge in [-0.1, -0.05) is 11.6 Å². The number of alkyl halides is 2. The van der Waals surface area contributed by atoms with Crippen molar-refractivity contribution >= 4 is 23.1 Å². The highest BCUT2D eigenvalue weighted by molar-refractivity contribution is 6.34. The van der Waals surface area contributed by atoms with E-state index in [4.69, 9.17) is 16.7 Å². The third kappa shape index (κ3) is 3.92. The Morgan fingerprint density at radius 3 is 2.61 bits per heavy atom. The Kier molecular flexibility index (Phi) is 5.50. The number of nitrogens with zero attached hydrogens (tertiary/aromatic N) is 1. The van der Waals surface area contributed by atoms with Gasteiger partial charge in [0.1, 0.15) is 0 Å². The number of hydrogen-bond acceptors (Lipinski definition) is 3. The summed E-state index contributed by atoms with van der Waals surface area (Å²) in [4.78, 5) is 12.5. The Morgan fingerprint density at radius 2 is 2.17 bits per heavy atom. The number of aliphatic hydroxyl groups excluding tert-OH is 1. The zero-order chi connectivity index (χ0) is 13.7. The molecule has 0 aromatic heterocycles. The minimum absolute atomic E-state index is 0.0834. The van der Waals surface area contributed by atoms with Gasteiger partial charge in [-0.05, 0) is 25.1 Å². The van der Waals surface area contributed by atoms with Gasteiger partial charge in [-0.15, -0.1) is 0 Å². The van der Waals surface area contributed by atoms with Gasteiger partial charge in [-0.25, -0.2) is 8.78 Å². The largest absolute Gasteiger partial charge is 0.395 e. The summed E-state index contributed by atoms with van der Waals surface area (Å²) in [6.07, 6.45) is -2.51. The number of carbonyl (C=O) groups is 1. The molecule has 18 heavy (non-hydrogen) atoms. The molecule has 0 saturated carbocycles. The maximum atomic E-state index is 12.4. The van der Waals surface area contributed by atoms with E-state index in [1.54, 1.807) is 6.07 Å². The fourth-order valence-corrected chi connectivity index (χ4v) is 1.91. The van der Waals surface area contributed by atoms with Crippen LogP contribution in [-0.4, -0.2) is 37.0 Å². The standard InChI is InChI=1S/C12H14ClF2NO2/c1-8(18)10-3-2-9(6-11(10)13)16(4-5-17)7-12(14)15/h2-3,6,12,17H,4-5,7H2,1H3. The lowest BCUT2D eigenvalue weighted by atomic mass is 10.1. The lowest BCUT2D eigenvalue weighted by molar-refractivity contribution is 0.101. The van der Waals surface area contributed by atoms with E-state index in [-0.39, 0.29) is 24.0 Å². The van der Waals surface area contributed by atoms with Crippen molar-refractivity contribution in [2.45, 2.75) is 13.3 Å². The Bertz CT molecular complexity index is 427. The van der Waals surface area contributed by atoms with Gasteiger partial charge in [0.15, 0.2) is 5.78 Å². The molecule has 0 radical (unpaired) electrons. The van der Waals surface area contributed by atoms with Gasteiger partial charge in [0.05, 0.1) is 18.2 Å². The van der Waals surface area contributed by atoms with Gasteiger partial charge in [0.2, 0.25) is 0 Å². The molecule has 0 bridgehead atoms.